The molecule has 1 aliphatic rings. The van der Waals surface area contributed by atoms with Gasteiger partial charge in [0, 0.05) is 25.2 Å². The highest BCUT2D eigenvalue weighted by Crippen LogP contribution is 2.27. The summed E-state index contributed by atoms with van der Waals surface area (Å²) in [5.74, 6) is 0. The van der Waals surface area contributed by atoms with Crippen LogP contribution in [-0.4, -0.2) is 29.5 Å². The number of nitrogens with zero attached hydrogens (tertiary/aromatic N) is 2. The molecule has 1 aromatic rings. The molecule has 1 saturated carbocycles. The number of hydrogen-bond acceptors (Lipinski definition) is 4. The van der Waals surface area contributed by atoms with Crippen molar-refractivity contribution in [1.29, 1.82) is 0 Å². The van der Waals surface area contributed by atoms with Crippen LogP contribution in [0.25, 0.3) is 0 Å². The van der Waals surface area contributed by atoms with E-state index in [0.717, 1.165) is 12.1 Å². The summed E-state index contributed by atoms with van der Waals surface area (Å²) in [5.41, 5.74) is 1.91. The third-order valence-corrected chi connectivity index (χ3v) is 4.25. The lowest BCUT2D eigenvalue weighted by molar-refractivity contribution is -0.384. The van der Waals surface area contributed by atoms with Crippen molar-refractivity contribution >= 4 is 11.4 Å². The highest BCUT2D eigenvalue weighted by Gasteiger charge is 2.19. The van der Waals surface area contributed by atoms with E-state index in [1.54, 1.807) is 6.07 Å². The fraction of sp³-hybridized carbons (Fsp3) is 0.625. The Labute approximate surface area is 126 Å². The third kappa shape index (κ3) is 4.17. The van der Waals surface area contributed by atoms with Crippen LogP contribution in [0.4, 0.5) is 11.4 Å². The summed E-state index contributed by atoms with van der Waals surface area (Å²) in [7, 11) is 2.16. The average Bonchev–Trinajstić information content (AvgIpc) is 2.48. The van der Waals surface area contributed by atoms with Gasteiger partial charge in [0.1, 0.15) is 5.69 Å². The highest BCUT2D eigenvalue weighted by atomic mass is 16.6. The molecular formula is C16H25N3O2. The second-order valence-electron chi connectivity index (χ2n) is 5.85. The molecule has 5 heteroatoms. The maximum atomic E-state index is 11.0. The normalized spacial score (nSPS) is 16.1. The Balaban J connectivity index is 2.08. The Hall–Kier alpha value is -1.62. The zero-order valence-electron chi connectivity index (χ0n) is 13.0. The highest BCUT2D eigenvalue weighted by molar-refractivity contribution is 5.62. The van der Waals surface area contributed by atoms with Crippen molar-refractivity contribution in [2.75, 3.05) is 18.9 Å². The molecule has 0 spiro atoms. The molecule has 0 amide bonds. The van der Waals surface area contributed by atoms with Gasteiger partial charge >= 0.3 is 0 Å². The van der Waals surface area contributed by atoms with E-state index in [-0.39, 0.29) is 10.6 Å². The molecule has 21 heavy (non-hydrogen) atoms. The zero-order valence-corrected chi connectivity index (χ0v) is 13.0. The standard InChI is InChI=1S/C16H25N3O2/c1-3-17-15-11-13(9-10-16(15)19(20)21)12-18(2)14-7-5-4-6-8-14/h9-11,14,17H,3-8,12H2,1-2H3. The van der Waals surface area contributed by atoms with Crippen LogP contribution in [0.3, 0.4) is 0 Å². The number of benzene rings is 1. The first kappa shape index (κ1) is 15.8. The summed E-state index contributed by atoms with van der Waals surface area (Å²) >= 11 is 0. The molecule has 116 valence electrons. The van der Waals surface area contributed by atoms with E-state index in [4.69, 9.17) is 0 Å². The van der Waals surface area contributed by atoms with Gasteiger partial charge in [-0.05, 0) is 38.4 Å². The minimum atomic E-state index is -0.327. The largest absolute Gasteiger partial charge is 0.380 e. The smallest absolute Gasteiger partial charge is 0.292 e. The number of nitro benzene ring substituents is 1. The van der Waals surface area contributed by atoms with Gasteiger partial charge in [-0.2, -0.15) is 0 Å². The second-order valence-corrected chi connectivity index (χ2v) is 5.85. The van der Waals surface area contributed by atoms with Gasteiger partial charge in [0.15, 0.2) is 0 Å². The van der Waals surface area contributed by atoms with E-state index in [2.05, 4.69) is 17.3 Å². The predicted octanol–water partition coefficient (Wildman–Crippen LogP) is 3.79. The summed E-state index contributed by atoms with van der Waals surface area (Å²) in [5, 5.41) is 14.1. The topological polar surface area (TPSA) is 58.4 Å². The maximum absolute atomic E-state index is 11.0. The molecule has 0 radical (unpaired) electrons. The summed E-state index contributed by atoms with van der Waals surface area (Å²) in [6.45, 7) is 3.48. The molecule has 1 fully saturated rings. The molecule has 0 bridgehead atoms. The van der Waals surface area contributed by atoms with Gasteiger partial charge < -0.3 is 5.32 Å². The number of anilines is 1. The summed E-state index contributed by atoms with van der Waals surface area (Å²) in [6.07, 6.45) is 6.52. The molecule has 1 aliphatic carbocycles. The Kier molecular flexibility index (Phi) is 5.56. The van der Waals surface area contributed by atoms with Gasteiger partial charge in [-0.15, -0.1) is 0 Å². The van der Waals surface area contributed by atoms with Gasteiger partial charge in [-0.1, -0.05) is 25.3 Å². The van der Waals surface area contributed by atoms with Gasteiger partial charge in [0.05, 0.1) is 4.92 Å². The van der Waals surface area contributed by atoms with E-state index in [1.165, 1.54) is 32.1 Å². The van der Waals surface area contributed by atoms with E-state index in [1.807, 2.05) is 19.1 Å². The van der Waals surface area contributed by atoms with Crippen LogP contribution in [0.2, 0.25) is 0 Å². The van der Waals surface area contributed by atoms with Gasteiger partial charge in [0.25, 0.3) is 5.69 Å². The van der Waals surface area contributed by atoms with Crippen molar-refractivity contribution in [1.82, 2.24) is 4.90 Å². The molecular weight excluding hydrogens is 266 g/mol. The van der Waals surface area contributed by atoms with Crippen LogP contribution < -0.4 is 5.32 Å². The number of hydrogen-bond donors (Lipinski definition) is 1. The first-order valence-corrected chi connectivity index (χ1v) is 7.83. The Morgan fingerprint density at radius 1 is 1.33 bits per heavy atom. The molecule has 0 aromatic heterocycles. The van der Waals surface area contributed by atoms with Crippen LogP contribution in [0.5, 0.6) is 0 Å². The van der Waals surface area contributed by atoms with E-state index in [0.29, 0.717) is 18.3 Å². The van der Waals surface area contributed by atoms with Crippen molar-refractivity contribution in [3.63, 3.8) is 0 Å². The molecule has 5 nitrogen and oxygen atoms in total. The van der Waals surface area contributed by atoms with E-state index < -0.39 is 0 Å². The van der Waals surface area contributed by atoms with Crippen LogP contribution in [0.1, 0.15) is 44.6 Å². The molecule has 1 N–H and O–H groups in total. The van der Waals surface area contributed by atoms with Crippen molar-refractivity contribution in [2.45, 2.75) is 51.6 Å². The lowest BCUT2D eigenvalue weighted by Crippen LogP contribution is -2.32. The monoisotopic (exact) mass is 291 g/mol. The first-order valence-electron chi connectivity index (χ1n) is 7.83. The lowest BCUT2D eigenvalue weighted by atomic mass is 9.94. The molecule has 0 unspecified atom stereocenters. The predicted molar refractivity (Wildman–Crippen MR) is 85.6 cm³/mol. The fourth-order valence-corrected chi connectivity index (χ4v) is 3.11. The van der Waals surface area contributed by atoms with E-state index in [9.17, 15) is 10.1 Å². The van der Waals surface area contributed by atoms with Crippen LogP contribution >= 0.6 is 0 Å². The minimum absolute atomic E-state index is 0.154. The molecule has 1 aromatic carbocycles. The van der Waals surface area contributed by atoms with Crippen molar-refractivity contribution in [3.05, 3.63) is 33.9 Å². The van der Waals surface area contributed by atoms with E-state index >= 15 is 0 Å². The van der Waals surface area contributed by atoms with Crippen LogP contribution in [0, 0.1) is 10.1 Å². The average molecular weight is 291 g/mol. The van der Waals surface area contributed by atoms with Gasteiger partial charge in [0.2, 0.25) is 0 Å². The quantitative estimate of drug-likeness (QED) is 0.640. The molecule has 2 rings (SSSR count). The summed E-state index contributed by atoms with van der Waals surface area (Å²) in [4.78, 5) is 13.1. The van der Waals surface area contributed by atoms with Crippen LogP contribution in [0.15, 0.2) is 18.2 Å². The maximum Gasteiger partial charge on any atom is 0.292 e. The van der Waals surface area contributed by atoms with Crippen molar-refractivity contribution in [2.24, 2.45) is 0 Å². The van der Waals surface area contributed by atoms with Crippen molar-refractivity contribution < 1.29 is 4.92 Å². The number of rotatable bonds is 6. The molecule has 0 aliphatic heterocycles. The van der Waals surface area contributed by atoms with Crippen LogP contribution in [-0.2, 0) is 6.54 Å². The van der Waals surface area contributed by atoms with Gasteiger partial charge in [-0.3, -0.25) is 15.0 Å². The number of nitro groups is 1. The molecule has 0 atom stereocenters. The second kappa shape index (κ2) is 7.41. The Bertz CT molecular complexity index is 484. The van der Waals surface area contributed by atoms with Crippen molar-refractivity contribution in [3.8, 4) is 0 Å². The lowest BCUT2D eigenvalue weighted by Gasteiger charge is -2.31. The minimum Gasteiger partial charge on any atom is -0.380 e. The SMILES string of the molecule is CCNc1cc(CN(C)C2CCCCC2)ccc1[N+](=O)[O-]. The molecule has 0 heterocycles. The Morgan fingerprint density at radius 3 is 2.67 bits per heavy atom. The first-order chi connectivity index (χ1) is 10.1. The van der Waals surface area contributed by atoms with Gasteiger partial charge in [-0.25, -0.2) is 0 Å². The number of nitrogens with one attached hydrogen (secondary N) is 1. The Morgan fingerprint density at radius 2 is 2.05 bits per heavy atom. The zero-order chi connectivity index (χ0) is 15.2. The third-order valence-electron chi connectivity index (χ3n) is 4.25. The molecule has 0 saturated heterocycles. The fourth-order valence-electron chi connectivity index (χ4n) is 3.11. The summed E-state index contributed by atoms with van der Waals surface area (Å²) in [6, 6.07) is 6.05. The summed E-state index contributed by atoms with van der Waals surface area (Å²) < 4.78 is 0.